The molecule has 0 radical (unpaired) electrons. The molecule has 2 rings (SSSR count). The van der Waals surface area contributed by atoms with Gasteiger partial charge in [-0.25, -0.2) is 23.5 Å². The zero-order valence-corrected chi connectivity index (χ0v) is 9.79. The van der Waals surface area contributed by atoms with E-state index in [1.54, 1.807) is 0 Å². The summed E-state index contributed by atoms with van der Waals surface area (Å²) in [5.74, 6) is -2.59. The standard InChI is InChI=1S/C12H8F2N2O4/c13-10(14)9-6(12(19)20)4-15-11(16-9)5-1-2-7(17)8(18)3-5/h1-4,10,17-18H,(H,19,20). The molecule has 0 bridgehead atoms. The number of halogens is 2. The smallest absolute Gasteiger partial charge is 0.339 e. The summed E-state index contributed by atoms with van der Waals surface area (Å²) in [6.45, 7) is 0. The van der Waals surface area contributed by atoms with Crippen molar-refractivity contribution in [3.63, 3.8) is 0 Å². The predicted octanol–water partition coefficient (Wildman–Crippen LogP) is 2.19. The van der Waals surface area contributed by atoms with Crippen LogP contribution < -0.4 is 0 Å². The highest BCUT2D eigenvalue weighted by Crippen LogP contribution is 2.30. The maximum atomic E-state index is 12.8. The molecule has 1 aromatic carbocycles. The molecule has 104 valence electrons. The largest absolute Gasteiger partial charge is 0.504 e. The molecule has 3 N–H and O–H groups in total. The van der Waals surface area contributed by atoms with Gasteiger partial charge in [-0.2, -0.15) is 0 Å². The summed E-state index contributed by atoms with van der Waals surface area (Å²) in [7, 11) is 0. The van der Waals surface area contributed by atoms with Crippen molar-refractivity contribution in [2.24, 2.45) is 0 Å². The first-order valence-corrected chi connectivity index (χ1v) is 5.31. The Labute approximate surface area is 111 Å². The summed E-state index contributed by atoms with van der Waals surface area (Å²) in [4.78, 5) is 18.0. The number of aromatic nitrogens is 2. The monoisotopic (exact) mass is 282 g/mol. The number of carboxylic acids is 1. The molecule has 0 spiro atoms. The van der Waals surface area contributed by atoms with E-state index in [-0.39, 0.29) is 17.1 Å². The number of carbonyl (C=O) groups is 1. The van der Waals surface area contributed by atoms with E-state index in [0.29, 0.717) is 0 Å². The second-order valence-electron chi connectivity index (χ2n) is 3.80. The highest BCUT2D eigenvalue weighted by molar-refractivity contribution is 5.88. The van der Waals surface area contributed by atoms with Crippen LogP contribution in [0.1, 0.15) is 22.5 Å². The molecular formula is C12H8F2N2O4. The van der Waals surface area contributed by atoms with Gasteiger partial charge in [0.1, 0.15) is 11.3 Å². The molecular weight excluding hydrogens is 274 g/mol. The SMILES string of the molecule is O=C(O)c1cnc(-c2ccc(O)c(O)c2)nc1C(F)F. The molecule has 0 unspecified atom stereocenters. The third-order valence-electron chi connectivity index (χ3n) is 2.49. The number of carboxylic acid groups (broad SMARTS) is 1. The van der Waals surface area contributed by atoms with Crippen molar-refractivity contribution >= 4 is 5.97 Å². The lowest BCUT2D eigenvalue weighted by Gasteiger charge is -2.07. The molecule has 1 aromatic heterocycles. The van der Waals surface area contributed by atoms with E-state index in [4.69, 9.17) is 10.2 Å². The molecule has 1 heterocycles. The van der Waals surface area contributed by atoms with Crippen LogP contribution in [0.4, 0.5) is 8.78 Å². The van der Waals surface area contributed by atoms with Gasteiger partial charge in [-0.1, -0.05) is 0 Å². The Morgan fingerprint density at radius 3 is 2.45 bits per heavy atom. The van der Waals surface area contributed by atoms with E-state index in [9.17, 15) is 18.7 Å². The summed E-state index contributed by atoms with van der Waals surface area (Å²) in [5, 5.41) is 27.3. The number of hydrogen-bond donors (Lipinski definition) is 3. The fourth-order valence-corrected chi connectivity index (χ4v) is 1.53. The van der Waals surface area contributed by atoms with E-state index in [1.165, 1.54) is 6.07 Å². The minimum Gasteiger partial charge on any atom is -0.504 e. The third kappa shape index (κ3) is 2.48. The molecule has 0 aliphatic rings. The van der Waals surface area contributed by atoms with Gasteiger partial charge in [0.15, 0.2) is 17.3 Å². The van der Waals surface area contributed by atoms with Crippen LogP contribution in [0.15, 0.2) is 24.4 Å². The summed E-state index contributed by atoms with van der Waals surface area (Å²) in [5.41, 5.74) is -1.43. The molecule has 6 nitrogen and oxygen atoms in total. The van der Waals surface area contributed by atoms with Gasteiger partial charge in [-0.05, 0) is 18.2 Å². The number of aromatic hydroxyl groups is 2. The molecule has 0 saturated carbocycles. The first-order chi connectivity index (χ1) is 9.40. The van der Waals surface area contributed by atoms with Crippen molar-refractivity contribution in [3.8, 4) is 22.9 Å². The summed E-state index contributed by atoms with van der Waals surface area (Å²) < 4.78 is 25.6. The zero-order valence-electron chi connectivity index (χ0n) is 9.79. The van der Waals surface area contributed by atoms with Crippen molar-refractivity contribution < 1.29 is 28.9 Å². The number of aromatic carboxylic acids is 1. The van der Waals surface area contributed by atoms with Gasteiger partial charge in [0.05, 0.1) is 0 Å². The van der Waals surface area contributed by atoms with Crippen molar-refractivity contribution in [1.82, 2.24) is 9.97 Å². The maximum Gasteiger partial charge on any atom is 0.339 e. The summed E-state index contributed by atoms with van der Waals surface area (Å²) >= 11 is 0. The van der Waals surface area contributed by atoms with Crippen LogP contribution in [-0.4, -0.2) is 31.3 Å². The molecule has 8 heteroatoms. The average Bonchev–Trinajstić information content (AvgIpc) is 2.41. The Hall–Kier alpha value is -2.77. The van der Waals surface area contributed by atoms with Gasteiger partial charge in [-0.3, -0.25) is 0 Å². The van der Waals surface area contributed by atoms with Gasteiger partial charge in [0.2, 0.25) is 0 Å². The lowest BCUT2D eigenvalue weighted by Crippen LogP contribution is -2.07. The minimum atomic E-state index is -3.08. The molecule has 0 amide bonds. The van der Waals surface area contributed by atoms with Gasteiger partial charge < -0.3 is 15.3 Å². The van der Waals surface area contributed by atoms with Crippen LogP contribution in [0.2, 0.25) is 0 Å². The number of hydrogen-bond acceptors (Lipinski definition) is 5. The van der Waals surface area contributed by atoms with Gasteiger partial charge in [-0.15, -0.1) is 0 Å². The fraction of sp³-hybridized carbons (Fsp3) is 0.0833. The van der Waals surface area contributed by atoms with E-state index in [0.717, 1.165) is 18.3 Å². The normalized spacial score (nSPS) is 10.8. The fourth-order valence-electron chi connectivity index (χ4n) is 1.53. The maximum absolute atomic E-state index is 12.8. The number of phenols is 2. The van der Waals surface area contributed by atoms with Gasteiger partial charge >= 0.3 is 5.97 Å². The second kappa shape index (κ2) is 5.08. The van der Waals surface area contributed by atoms with Crippen LogP contribution in [0.5, 0.6) is 11.5 Å². The predicted molar refractivity (Wildman–Crippen MR) is 62.7 cm³/mol. The number of nitrogens with zero attached hydrogens (tertiary/aromatic N) is 2. The molecule has 0 atom stereocenters. The minimum absolute atomic E-state index is 0.166. The molecule has 0 saturated heterocycles. The van der Waals surface area contributed by atoms with E-state index in [2.05, 4.69) is 9.97 Å². The number of phenolic OH excluding ortho intramolecular Hbond substituents is 2. The van der Waals surface area contributed by atoms with Crippen LogP contribution in [0, 0.1) is 0 Å². The lowest BCUT2D eigenvalue weighted by atomic mass is 10.1. The molecule has 20 heavy (non-hydrogen) atoms. The molecule has 0 aliphatic carbocycles. The molecule has 2 aromatic rings. The Bertz CT molecular complexity index is 677. The summed E-state index contributed by atoms with van der Waals surface area (Å²) in [6, 6.07) is 3.53. The quantitative estimate of drug-likeness (QED) is 0.745. The Kier molecular flexibility index (Phi) is 3.47. The van der Waals surface area contributed by atoms with Gasteiger partial charge in [0.25, 0.3) is 6.43 Å². The summed E-state index contributed by atoms with van der Waals surface area (Å²) in [6.07, 6.45) is -2.30. The Morgan fingerprint density at radius 2 is 1.90 bits per heavy atom. The molecule has 0 aliphatic heterocycles. The zero-order chi connectivity index (χ0) is 14.9. The van der Waals surface area contributed by atoms with E-state index < -0.39 is 29.4 Å². The third-order valence-corrected chi connectivity index (χ3v) is 2.49. The van der Waals surface area contributed by atoms with Crippen LogP contribution in [-0.2, 0) is 0 Å². The van der Waals surface area contributed by atoms with Crippen molar-refractivity contribution in [3.05, 3.63) is 35.7 Å². The number of rotatable bonds is 3. The van der Waals surface area contributed by atoms with Crippen molar-refractivity contribution in [2.75, 3.05) is 0 Å². The Morgan fingerprint density at radius 1 is 1.20 bits per heavy atom. The highest BCUT2D eigenvalue weighted by atomic mass is 19.3. The number of benzene rings is 1. The van der Waals surface area contributed by atoms with Crippen LogP contribution in [0.3, 0.4) is 0 Å². The van der Waals surface area contributed by atoms with E-state index >= 15 is 0 Å². The van der Waals surface area contributed by atoms with E-state index in [1.807, 2.05) is 0 Å². The lowest BCUT2D eigenvalue weighted by molar-refractivity contribution is 0.0681. The van der Waals surface area contributed by atoms with Crippen LogP contribution >= 0.6 is 0 Å². The first-order valence-electron chi connectivity index (χ1n) is 5.31. The van der Waals surface area contributed by atoms with Crippen LogP contribution in [0.25, 0.3) is 11.4 Å². The van der Waals surface area contributed by atoms with Crippen molar-refractivity contribution in [1.29, 1.82) is 0 Å². The second-order valence-corrected chi connectivity index (χ2v) is 3.80. The highest BCUT2D eigenvalue weighted by Gasteiger charge is 2.21. The van der Waals surface area contributed by atoms with Crippen molar-refractivity contribution in [2.45, 2.75) is 6.43 Å². The Balaban J connectivity index is 2.55. The molecule has 0 fully saturated rings. The first kappa shape index (κ1) is 13.7. The average molecular weight is 282 g/mol. The number of alkyl halides is 2. The van der Waals surface area contributed by atoms with Gasteiger partial charge in [0, 0.05) is 11.8 Å². The topological polar surface area (TPSA) is 104 Å².